The van der Waals surface area contributed by atoms with Crippen LogP contribution in [-0.4, -0.2) is 45.0 Å². The number of anilines is 1. The molecule has 1 aromatic heterocycles. The molecule has 27 heavy (non-hydrogen) atoms. The SMILES string of the molecule is CCc1ccccc1NC(=O)N1CCCn2cnc(CN3CCCC3)c2C1. The molecule has 1 saturated heterocycles. The lowest BCUT2D eigenvalue weighted by Gasteiger charge is -2.22. The van der Waals surface area contributed by atoms with Gasteiger partial charge in [-0.25, -0.2) is 9.78 Å². The van der Waals surface area contributed by atoms with Crippen LogP contribution in [0.15, 0.2) is 30.6 Å². The Hall–Kier alpha value is -2.34. The average Bonchev–Trinajstić information content (AvgIpc) is 3.27. The minimum absolute atomic E-state index is 0.0160. The van der Waals surface area contributed by atoms with Crippen molar-refractivity contribution in [3.05, 3.63) is 47.5 Å². The third kappa shape index (κ3) is 4.00. The predicted octanol–water partition coefficient (Wildman–Crippen LogP) is 3.48. The van der Waals surface area contributed by atoms with Crippen molar-refractivity contribution < 1.29 is 4.79 Å². The Balaban J connectivity index is 1.48. The zero-order valence-electron chi connectivity index (χ0n) is 16.2. The van der Waals surface area contributed by atoms with E-state index in [-0.39, 0.29) is 6.03 Å². The summed E-state index contributed by atoms with van der Waals surface area (Å²) >= 11 is 0. The van der Waals surface area contributed by atoms with Crippen LogP contribution in [0.3, 0.4) is 0 Å². The Labute approximate surface area is 161 Å². The fraction of sp³-hybridized carbons (Fsp3) is 0.524. The molecule has 2 aliphatic rings. The van der Waals surface area contributed by atoms with Gasteiger partial charge in [0.2, 0.25) is 0 Å². The van der Waals surface area contributed by atoms with Crippen LogP contribution in [0.1, 0.15) is 43.1 Å². The summed E-state index contributed by atoms with van der Waals surface area (Å²) in [5.74, 6) is 0. The van der Waals surface area contributed by atoms with Gasteiger partial charge in [0.1, 0.15) is 0 Å². The smallest absolute Gasteiger partial charge is 0.322 e. The van der Waals surface area contributed by atoms with Crippen LogP contribution >= 0.6 is 0 Å². The summed E-state index contributed by atoms with van der Waals surface area (Å²) in [6.07, 6.45) is 6.37. The van der Waals surface area contributed by atoms with E-state index >= 15 is 0 Å². The third-order valence-electron chi connectivity index (χ3n) is 5.70. The highest BCUT2D eigenvalue weighted by atomic mass is 16.2. The number of benzene rings is 1. The monoisotopic (exact) mass is 367 g/mol. The highest BCUT2D eigenvalue weighted by Gasteiger charge is 2.24. The highest BCUT2D eigenvalue weighted by molar-refractivity contribution is 5.90. The molecule has 2 aromatic rings. The van der Waals surface area contributed by atoms with Crippen LogP contribution in [0.5, 0.6) is 0 Å². The number of hydrogen-bond acceptors (Lipinski definition) is 3. The number of urea groups is 1. The molecule has 0 unspecified atom stereocenters. The van der Waals surface area contributed by atoms with Crippen molar-refractivity contribution in [1.29, 1.82) is 0 Å². The molecule has 0 spiro atoms. The average molecular weight is 367 g/mol. The van der Waals surface area contributed by atoms with E-state index in [0.717, 1.165) is 56.9 Å². The summed E-state index contributed by atoms with van der Waals surface area (Å²) in [5, 5.41) is 3.12. The number of carbonyl (C=O) groups excluding carboxylic acids is 1. The standard InChI is InChI=1S/C21H29N5O/c1-2-17-8-3-4-9-18(17)23-21(27)25-12-7-13-26-16-22-19(20(26)15-25)14-24-10-5-6-11-24/h3-4,8-9,16H,2,5-7,10-15H2,1H3,(H,23,27). The van der Waals surface area contributed by atoms with Crippen molar-refractivity contribution in [2.45, 2.75) is 52.2 Å². The van der Waals surface area contributed by atoms with Gasteiger partial charge in [0.05, 0.1) is 24.3 Å². The van der Waals surface area contributed by atoms with Gasteiger partial charge in [-0.1, -0.05) is 25.1 Å². The lowest BCUT2D eigenvalue weighted by Crippen LogP contribution is -2.35. The van der Waals surface area contributed by atoms with E-state index in [4.69, 9.17) is 0 Å². The first-order valence-electron chi connectivity index (χ1n) is 10.1. The molecule has 3 heterocycles. The van der Waals surface area contributed by atoms with E-state index < -0.39 is 0 Å². The van der Waals surface area contributed by atoms with Gasteiger partial charge in [-0.05, 0) is 50.4 Å². The fourth-order valence-corrected chi connectivity index (χ4v) is 4.12. The fourth-order valence-electron chi connectivity index (χ4n) is 4.12. The maximum Gasteiger partial charge on any atom is 0.322 e. The molecule has 144 valence electrons. The first-order valence-corrected chi connectivity index (χ1v) is 10.1. The lowest BCUT2D eigenvalue weighted by molar-refractivity contribution is 0.209. The summed E-state index contributed by atoms with van der Waals surface area (Å²) in [7, 11) is 0. The molecule has 1 aromatic carbocycles. The summed E-state index contributed by atoms with van der Waals surface area (Å²) in [5.41, 5.74) is 4.41. The molecule has 0 radical (unpaired) electrons. The minimum atomic E-state index is -0.0160. The predicted molar refractivity (Wildman–Crippen MR) is 107 cm³/mol. The molecular formula is C21H29N5O. The molecule has 2 amide bonds. The second kappa shape index (κ2) is 8.13. The number of nitrogens with zero attached hydrogens (tertiary/aromatic N) is 4. The number of aryl methyl sites for hydroxylation is 2. The third-order valence-corrected chi connectivity index (χ3v) is 5.70. The maximum absolute atomic E-state index is 13.0. The maximum atomic E-state index is 13.0. The number of likely N-dealkylation sites (tertiary alicyclic amines) is 1. The second-order valence-corrected chi connectivity index (χ2v) is 7.53. The molecule has 0 bridgehead atoms. The first kappa shape index (κ1) is 18.0. The summed E-state index contributed by atoms with van der Waals surface area (Å²) in [6.45, 7) is 7.65. The van der Waals surface area contributed by atoms with Gasteiger partial charge in [-0.15, -0.1) is 0 Å². The van der Waals surface area contributed by atoms with E-state index in [0.29, 0.717) is 6.54 Å². The highest BCUT2D eigenvalue weighted by Crippen LogP contribution is 2.21. The molecule has 1 fully saturated rings. The van der Waals surface area contributed by atoms with E-state index in [9.17, 15) is 4.79 Å². The zero-order chi connectivity index (χ0) is 18.6. The molecule has 0 saturated carbocycles. The van der Waals surface area contributed by atoms with E-state index in [1.807, 2.05) is 29.4 Å². The summed E-state index contributed by atoms with van der Waals surface area (Å²) in [6, 6.07) is 8.03. The molecule has 0 atom stereocenters. The number of para-hydroxylation sites is 1. The number of fused-ring (bicyclic) bond motifs is 1. The normalized spacial score (nSPS) is 17.6. The van der Waals surface area contributed by atoms with Crippen molar-refractivity contribution in [3.63, 3.8) is 0 Å². The van der Waals surface area contributed by atoms with Gasteiger partial charge in [-0.2, -0.15) is 0 Å². The van der Waals surface area contributed by atoms with Gasteiger partial charge >= 0.3 is 6.03 Å². The van der Waals surface area contributed by atoms with Crippen LogP contribution < -0.4 is 5.32 Å². The number of amides is 2. The summed E-state index contributed by atoms with van der Waals surface area (Å²) < 4.78 is 2.23. The summed E-state index contributed by atoms with van der Waals surface area (Å²) in [4.78, 5) is 22.0. The number of nitrogens with one attached hydrogen (secondary N) is 1. The Kier molecular flexibility index (Phi) is 5.43. The van der Waals surface area contributed by atoms with Crippen molar-refractivity contribution in [2.75, 3.05) is 25.0 Å². The van der Waals surface area contributed by atoms with E-state index in [2.05, 4.69) is 32.8 Å². The Bertz CT molecular complexity index is 794. The topological polar surface area (TPSA) is 53.4 Å². The van der Waals surface area contributed by atoms with Crippen molar-refractivity contribution in [2.24, 2.45) is 0 Å². The largest absolute Gasteiger partial charge is 0.333 e. The number of rotatable bonds is 4. The van der Waals surface area contributed by atoms with E-state index in [1.165, 1.54) is 24.1 Å². The first-order chi connectivity index (χ1) is 13.2. The molecule has 0 aliphatic carbocycles. The molecule has 1 N–H and O–H groups in total. The van der Waals surface area contributed by atoms with Crippen LogP contribution in [0.25, 0.3) is 0 Å². The molecule has 4 rings (SSSR count). The molecule has 2 aliphatic heterocycles. The molecule has 6 nitrogen and oxygen atoms in total. The van der Waals surface area contributed by atoms with Gasteiger partial charge in [0.25, 0.3) is 0 Å². The number of carbonyl (C=O) groups is 1. The van der Waals surface area contributed by atoms with Crippen molar-refractivity contribution >= 4 is 11.7 Å². The van der Waals surface area contributed by atoms with Gasteiger partial charge < -0.3 is 14.8 Å². The molecular weight excluding hydrogens is 338 g/mol. The quantitative estimate of drug-likeness (QED) is 0.900. The number of imidazole rings is 1. The minimum Gasteiger partial charge on any atom is -0.333 e. The van der Waals surface area contributed by atoms with Crippen LogP contribution in [0.4, 0.5) is 10.5 Å². The van der Waals surface area contributed by atoms with Crippen molar-refractivity contribution in [3.8, 4) is 0 Å². The second-order valence-electron chi connectivity index (χ2n) is 7.53. The molecule has 6 heteroatoms. The Morgan fingerprint density at radius 1 is 1.11 bits per heavy atom. The van der Waals surface area contributed by atoms with E-state index in [1.54, 1.807) is 0 Å². The van der Waals surface area contributed by atoms with Gasteiger partial charge in [-0.3, -0.25) is 4.90 Å². The van der Waals surface area contributed by atoms with Crippen molar-refractivity contribution in [1.82, 2.24) is 19.4 Å². The lowest BCUT2D eigenvalue weighted by atomic mass is 10.1. The zero-order valence-corrected chi connectivity index (χ0v) is 16.2. The Morgan fingerprint density at radius 3 is 2.74 bits per heavy atom. The van der Waals surface area contributed by atoms with Gasteiger partial charge in [0, 0.05) is 25.3 Å². The van der Waals surface area contributed by atoms with Crippen LogP contribution in [-0.2, 0) is 26.1 Å². The number of hydrogen-bond donors (Lipinski definition) is 1. The van der Waals surface area contributed by atoms with Crippen LogP contribution in [0, 0.1) is 0 Å². The Morgan fingerprint density at radius 2 is 1.93 bits per heavy atom. The number of aromatic nitrogens is 2. The van der Waals surface area contributed by atoms with Gasteiger partial charge in [0.15, 0.2) is 0 Å². The van der Waals surface area contributed by atoms with Crippen LogP contribution in [0.2, 0.25) is 0 Å².